The molecule has 0 unspecified atom stereocenters. The van der Waals surface area contributed by atoms with E-state index in [9.17, 15) is 4.79 Å². The number of furan rings is 1. The Bertz CT molecular complexity index is 629. The first-order chi connectivity index (χ1) is 11.1. The lowest BCUT2D eigenvalue weighted by molar-refractivity contribution is 0.0900. The zero-order chi connectivity index (χ0) is 16.2. The second kappa shape index (κ2) is 6.78. The fraction of sp³-hybridized carbons (Fsp3) is 0.438. The zero-order valence-electron chi connectivity index (χ0n) is 13.3. The summed E-state index contributed by atoms with van der Waals surface area (Å²) in [6.45, 7) is 2.46. The minimum atomic E-state index is -0.173. The minimum Gasteiger partial charge on any atom is -0.459 e. The molecule has 7 heteroatoms. The molecule has 1 aliphatic heterocycles. The molecule has 0 bridgehead atoms. The van der Waals surface area contributed by atoms with Crippen molar-refractivity contribution in [2.75, 3.05) is 38.6 Å². The molecule has 1 saturated heterocycles. The maximum Gasteiger partial charge on any atom is 0.287 e. The van der Waals surface area contributed by atoms with Crippen LogP contribution in [0.3, 0.4) is 0 Å². The topological polar surface area (TPSA) is 74.5 Å². The lowest BCUT2D eigenvalue weighted by Gasteiger charge is -2.22. The largest absolute Gasteiger partial charge is 0.459 e. The summed E-state index contributed by atoms with van der Waals surface area (Å²) in [6, 6.07) is 5.33. The van der Waals surface area contributed by atoms with Crippen LogP contribution < -0.4 is 10.2 Å². The highest BCUT2D eigenvalue weighted by Crippen LogP contribution is 2.23. The molecule has 2 aromatic heterocycles. The van der Waals surface area contributed by atoms with Crippen molar-refractivity contribution in [2.24, 2.45) is 5.92 Å². The van der Waals surface area contributed by atoms with Crippen LogP contribution in [0.1, 0.15) is 10.6 Å². The van der Waals surface area contributed by atoms with E-state index < -0.39 is 0 Å². The molecule has 7 nitrogen and oxygen atoms in total. The van der Waals surface area contributed by atoms with Gasteiger partial charge in [-0.15, -0.1) is 0 Å². The lowest BCUT2D eigenvalue weighted by atomic mass is 10.0. The predicted molar refractivity (Wildman–Crippen MR) is 86.3 cm³/mol. The summed E-state index contributed by atoms with van der Waals surface area (Å²) >= 11 is 0. The van der Waals surface area contributed by atoms with E-state index in [0.29, 0.717) is 11.7 Å². The van der Waals surface area contributed by atoms with Crippen molar-refractivity contribution < 1.29 is 9.21 Å². The van der Waals surface area contributed by atoms with Crippen molar-refractivity contribution >= 4 is 11.7 Å². The molecule has 1 fully saturated rings. The average Bonchev–Trinajstić information content (AvgIpc) is 3.18. The van der Waals surface area contributed by atoms with Crippen molar-refractivity contribution in [2.45, 2.75) is 6.04 Å². The number of carbonyl (C=O) groups is 1. The summed E-state index contributed by atoms with van der Waals surface area (Å²) in [5.41, 5.74) is 0. The van der Waals surface area contributed by atoms with Gasteiger partial charge in [0.25, 0.3) is 5.91 Å². The van der Waals surface area contributed by atoms with Gasteiger partial charge in [0.15, 0.2) is 5.76 Å². The Morgan fingerprint density at radius 1 is 1.43 bits per heavy atom. The van der Waals surface area contributed by atoms with Crippen molar-refractivity contribution in [3.8, 4) is 0 Å². The molecule has 1 N–H and O–H groups in total. The highest BCUT2D eigenvalue weighted by Gasteiger charge is 2.35. The molecule has 0 spiro atoms. The number of aromatic nitrogens is 2. The molecular formula is C16H21N5O2. The van der Waals surface area contributed by atoms with E-state index in [2.05, 4.69) is 25.1 Å². The van der Waals surface area contributed by atoms with Crippen molar-refractivity contribution in [3.05, 3.63) is 42.7 Å². The van der Waals surface area contributed by atoms with Gasteiger partial charge >= 0.3 is 0 Å². The maximum absolute atomic E-state index is 12.3. The van der Waals surface area contributed by atoms with Crippen LogP contribution in [0.2, 0.25) is 0 Å². The summed E-state index contributed by atoms with van der Waals surface area (Å²) in [5, 5.41) is 3.09. The highest BCUT2D eigenvalue weighted by molar-refractivity contribution is 5.91. The number of rotatable bonds is 5. The van der Waals surface area contributed by atoms with Gasteiger partial charge in [-0.3, -0.25) is 4.79 Å². The van der Waals surface area contributed by atoms with Gasteiger partial charge in [-0.1, -0.05) is 0 Å². The average molecular weight is 315 g/mol. The number of nitrogens with one attached hydrogen (secondary N) is 1. The Balaban J connectivity index is 1.72. The molecule has 2 aromatic rings. The summed E-state index contributed by atoms with van der Waals surface area (Å²) in [6.07, 6.45) is 4.79. The number of carbonyl (C=O) groups excluding carboxylic acids is 1. The van der Waals surface area contributed by atoms with E-state index >= 15 is 0 Å². The van der Waals surface area contributed by atoms with Crippen LogP contribution >= 0.6 is 0 Å². The highest BCUT2D eigenvalue weighted by atomic mass is 16.3. The first kappa shape index (κ1) is 15.5. The lowest BCUT2D eigenvalue weighted by Crippen LogP contribution is -2.43. The van der Waals surface area contributed by atoms with Crippen molar-refractivity contribution in [1.29, 1.82) is 0 Å². The molecule has 0 saturated carbocycles. The Morgan fingerprint density at radius 2 is 2.30 bits per heavy atom. The number of amides is 1. The normalized spacial score (nSPS) is 20.9. The van der Waals surface area contributed by atoms with E-state index in [1.165, 1.54) is 6.26 Å². The number of hydrogen-bond donors (Lipinski definition) is 1. The Labute approximate surface area is 135 Å². The predicted octanol–water partition coefficient (Wildman–Crippen LogP) is 0.866. The summed E-state index contributed by atoms with van der Waals surface area (Å²) in [7, 11) is 4.08. The SMILES string of the molecule is CN(C)C[C@@H]1CN(c2ccncn2)C[C@H]1NC(=O)c1ccco1. The van der Waals surface area contributed by atoms with Crippen LogP contribution in [-0.4, -0.2) is 60.5 Å². The van der Waals surface area contributed by atoms with Gasteiger partial charge in [-0.05, 0) is 32.3 Å². The minimum absolute atomic E-state index is 0.0463. The molecule has 0 aliphatic carbocycles. The third kappa shape index (κ3) is 3.68. The molecule has 23 heavy (non-hydrogen) atoms. The van der Waals surface area contributed by atoms with Gasteiger partial charge in [0.05, 0.1) is 12.3 Å². The van der Waals surface area contributed by atoms with Gasteiger partial charge in [-0.25, -0.2) is 9.97 Å². The molecular weight excluding hydrogens is 294 g/mol. The molecule has 3 rings (SSSR count). The number of nitrogens with zero attached hydrogens (tertiary/aromatic N) is 4. The number of hydrogen-bond acceptors (Lipinski definition) is 6. The van der Waals surface area contributed by atoms with Gasteiger partial charge in [0.1, 0.15) is 12.1 Å². The number of anilines is 1. The summed E-state index contributed by atoms with van der Waals surface area (Å²) in [4.78, 5) is 24.9. The Morgan fingerprint density at radius 3 is 2.96 bits per heavy atom. The molecule has 1 aliphatic rings. The van der Waals surface area contributed by atoms with Crippen LogP contribution in [0.5, 0.6) is 0 Å². The fourth-order valence-corrected chi connectivity index (χ4v) is 2.99. The first-order valence-electron chi connectivity index (χ1n) is 7.63. The standard InChI is InChI=1S/C16H21N5O2/c1-20(2)8-12-9-21(15-5-6-17-11-18-15)10-13(12)19-16(22)14-4-3-7-23-14/h3-7,11-13H,8-10H2,1-2H3,(H,19,22)/t12-,13-/m1/s1. The molecule has 0 aromatic carbocycles. The second-order valence-electron chi connectivity index (χ2n) is 6.05. The maximum atomic E-state index is 12.3. The molecule has 122 valence electrons. The van der Waals surface area contributed by atoms with E-state index in [1.807, 2.05) is 20.2 Å². The van der Waals surface area contributed by atoms with Crippen molar-refractivity contribution in [3.63, 3.8) is 0 Å². The molecule has 0 radical (unpaired) electrons. The van der Waals surface area contributed by atoms with Gasteiger partial charge in [0, 0.05) is 31.7 Å². The molecule has 2 atom stereocenters. The van der Waals surface area contributed by atoms with E-state index in [0.717, 1.165) is 25.5 Å². The second-order valence-corrected chi connectivity index (χ2v) is 6.05. The quantitative estimate of drug-likeness (QED) is 0.882. The van der Waals surface area contributed by atoms with Crippen LogP contribution in [0.15, 0.2) is 41.4 Å². The van der Waals surface area contributed by atoms with Crippen LogP contribution in [0.4, 0.5) is 5.82 Å². The third-order valence-electron chi connectivity index (χ3n) is 3.99. The Hall–Kier alpha value is -2.41. The van der Waals surface area contributed by atoms with Crippen LogP contribution in [-0.2, 0) is 0 Å². The summed E-state index contributed by atoms with van der Waals surface area (Å²) < 4.78 is 5.18. The fourth-order valence-electron chi connectivity index (χ4n) is 2.99. The van der Waals surface area contributed by atoms with Gasteiger partial charge < -0.3 is 19.5 Å². The van der Waals surface area contributed by atoms with Crippen LogP contribution in [0, 0.1) is 5.92 Å². The molecule has 1 amide bonds. The van der Waals surface area contributed by atoms with E-state index in [4.69, 9.17) is 4.42 Å². The monoisotopic (exact) mass is 315 g/mol. The summed E-state index contributed by atoms with van der Waals surface area (Å²) in [5.74, 6) is 1.37. The van der Waals surface area contributed by atoms with Gasteiger partial charge in [-0.2, -0.15) is 0 Å². The third-order valence-corrected chi connectivity index (χ3v) is 3.99. The smallest absolute Gasteiger partial charge is 0.287 e. The van der Waals surface area contributed by atoms with Crippen LogP contribution in [0.25, 0.3) is 0 Å². The Kier molecular flexibility index (Phi) is 4.57. The van der Waals surface area contributed by atoms with E-state index in [1.54, 1.807) is 24.7 Å². The first-order valence-corrected chi connectivity index (χ1v) is 7.63. The molecule has 3 heterocycles. The van der Waals surface area contributed by atoms with Gasteiger partial charge in [0.2, 0.25) is 0 Å². The van der Waals surface area contributed by atoms with Crippen molar-refractivity contribution in [1.82, 2.24) is 20.2 Å². The van der Waals surface area contributed by atoms with E-state index in [-0.39, 0.29) is 11.9 Å². The zero-order valence-corrected chi connectivity index (χ0v) is 13.3.